The van der Waals surface area contributed by atoms with Crippen LogP contribution in [0.2, 0.25) is 0 Å². The number of thioether (sulfide) groups is 1. The topological polar surface area (TPSA) is 102 Å². The summed E-state index contributed by atoms with van der Waals surface area (Å²) in [5.41, 5.74) is 0. The van der Waals surface area contributed by atoms with E-state index < -0.39 is 9.84 Å². The van der Waals surface area contributed by atoms with Gasteiger partial charge in [0.1, 0.15) is 0 Å². The Morgan fingerprint density at radius 1 is 1.41 bits per heavy atom. The summed E-state index contributed by atoms with van der Waals surface area (Å²) in [5, 5.41) is 11.0. The third-order valence-electron chi connectivity index (χ3n) is 3.72. The van der Waals surface area contributed by atoms with Crippen LogP contribution in [-0.4, -0.2) is 47.8 Å². The van der Waals surface area contributed by atoms with Crippen LogP contribution in [0.25, 0.3) is 0 Å². The van der Waals surface area contributed by atoms with E-state index in [0.717, 1.165) is 11.8 Å². The van der Waals surface area contributed by atoms with Crippen molar-refractivity contribution in [3.05, 3.63) is 5.89 Å². The maximum absolute atomic E-state index is 11.8. The Balaban J connectivity index is 1.84. The van der Waals surface area contributed by atoms with Gasteiger partial charge in [-0.05, 0) is 19.3 Å². The molecule has 1 N–H and O–H groups in total. The highest BCUT2D eigenvalue weighted by Gasteiger charge is 2.32. The molecule has 1 fully saturated rings. The predicted molar refractivity (Wildman–Crippen MR) is 83.5 cm³/mol. The third kappa shape index (κ3) is 4.70. The second-order valence-corrected chi connectivity index (χ2v) is 9.05. The molecule has 2 rings (SSSR count). The zero-order chi connectivity index (χ0) is 16.3. The third-order valence-corrected chi connectivity index (χ3v) is 6.31. The minimum absolute atomic E-state index is 0.0612. The lowest BCUT2D eigenvalue weighted by Crippen LogP contribution is -2.37. The average Bonchev–Trinajstić information content (AvgIpc) is 3.02. The molecule has 1 aliphatic rings. The van der Waals surface area contributed by atoms with Crippen LogP contribution >= 0.6 is 11.8 Å². The van der Waals surface area contributed by atoms with Crippen molar-refractivity contribution in [2.24, 2.45) is 5.92 Å². The number of hydrogen-bond donors (Lipinski definition) is 1. The van der Waals surface area contributed by atoms with Gasteiger partial charge in [0.15, 0.2) is 9.84 Å². The van der Waals surface area contributed by atoms with Crippen LogP contribution in [0, 0.1) is 5.92 Å². The minimum Gasteiger partial charge on any atom is -0.416 e. The van der Waals surface area contributed by atoms with Crippen LogP contribution in [0.4, 0.5) is 0 Å². The van der Waals surface area contributed by atoms with Gasteiger partial charge in [0.25, 0.3) is 5.22 Å². The summed E-state index contributed by atoms with van der Waals surface area (Å²) in [7, 11) is -2.98. The van der Waals surface area contributed by atoms with Gasteiger partial charge in [-0.15, -0.1) is 10.2 Å². The number of amides is 1. The number of nitrogens with zero attached hydrogens (tertiary/aromatic N) is 2. The molecule has 1 amide bonds. The predicted octanol–water partition coefficient (Wildman–Crippen LogP) is 1.22. The van der Waals surface area contributed by atoms with E-state index in [9.17, 15) is 13.2 Å². The number of sulfone groups is 1. The van der Waals surface area contributed by atoms with E-state index in [0.29, 0.717) is 23.5 Å². The van der Waals surface area contributed by atoms with Crippen LogP contribution in [-0.2, 0) is 14.6 Å². The molecule has 0 spiro atoms. The average molecular weight is 347 g/mol. The van der Waals surface area contributed by atoms with Gasteiger partial charge in [0.2, 0.25) is 11.8 Å². The number of aromatic nitrogens is 2. The SMILES string of the molecule is CC(C)[C@@H](C)NC(=O)CSc1nnc([C@@H]2CCS(=O)(=O)C2)o1. The minimum atomic E-state index is -2.98. The highest BCUT2D eigenvalue weighted by Crippen LogP contribution is 2.29. The molecule has 1 aromatic rings. The molecular weight excluding hydrogens is 326 g/mol. The van der Waals surface area contributed by atoms with Gasteiger partial charge in [-0.2, -0.15) is 0 Å². The van der Waals surface area contributed by atoms with Crippen molar-refractivity contribution in [2.75, 3.05) is 17.3 Å². The van der Waals surface area contributed by atoms with E-state index in [-0.39, 0.29) is 35.1 Å². The van der Waals surface area contributed by atoms with Crippen LogP contribution < -0.4 is 5.32 Å². The second kappa shape index (κ2) is 6.99. The van der Waals surface area contributed by atoms with Crippen LogP contribution in [0.5, 0.6) is 0 Å². The molecule has 1 saturated heterocycles. The van der Waals surface area contributed by atoms with Gasteiger partial charge in [-0.25, -0.2) is 8.42 Å². The highest BCUT2D eigenvalue weighted by atomic mass is 32.2. The van der Waals surface area contributed by atoms with Crippen LogP contribution in [0.1, 0.15) is 39.0 Å². The molecule has 0 unspecified atom stereocenters. The number of rotatable bonds is 6. The molecule has 22 heavy (non-hydrogen) atoms. The summed E-state index contributed by atoms with van der Waals surface area (Å²) in [4.78, 5) is 11.8. The molecule has 124 valence electrons. The molecule has 0 radical (unpaired) electrons. The summed E-state index contributed by atoms with van der Waals surface area (Å²) in [5.74, 6) is 0.828. The Hall–Kier alpha value is -1.09. The molecule has 2 heterocycles. The molecular formula is C13H21N3O4S2. The smallest absolute Gasteiger partial charge is 0.277 e. The molecule has 1 aliphatic heterocycles. The largest absolute Gasteiger partial charge is 0.416 e. The van der Waals surface area contributed by atoms with Gasteiger partial charge in [0, 0.05) is 6.04 Å². The van der Waals surface area contributed by atoms with E-state index >= 15 is 0 Å². The fourth-order valence-corrected chi connectivity index (χ4v) is 4.34. The molecule has 0 aromatic carbocycles. The Labute approximate surface area is 134 Å². The Bertz CT molecular complexity index is 627. The first-order valence-corrected chi connectivity index (χ1v) is 10.0. The fourth-order valence-electron chi connectivity index (χ4n) is 2.02. The summed E-state index contributed by atoms with van der Waals surface area (Å²) < 4.78 is 28.4. The maximum atomic E-state index is 11.8. The van der Waals surface area contributed by atoms with Gasteiger partial charge < -0.3 is 9.73 Å². The maximum Gasteiger partial charge on any atom is 0.277 e. The van der Waals surface area contributed by atoms with Gasteiger partial charge in [-0.3, -0.25) is 4.79 Å². The van der Waals surface area contributed by atoms with E-state index in [1.165, 1.54) is 0 Å². The van der Waals surface area contributed by atoms with Gasteiger partial charge in [-0.1, -0.05) is 25.6 Å². The van der Waals surface area contributed by atoms with Gasteiger partial charge >= 0.3 is 0 Å². The van der Waals surface area contributed by atoms with Gasteiger partial charge in [0.05, 0.1) is 23.2 Å². The number of nitrogens with one attached hydrogen (secondary N) is 1. The van der Waals surface area contributed by atoms with Crippen molar-refractivity contribution in [3.8, 4) is 0 Å². The van der Waals surface area contributed by atoms with Crippen molar-refractivity contribution in [3.63, 3.8) is 0 Å². The normalized spacial score (nSPS) is 21.9. The van der Waals surface area contributed by atoms with Crippen molar-refractivity contribution in [1.82, 2.24) is 15.5 Å². The van der Waals surface area contributed by atoms with E-state index in [4.69, 9.17) is 4.42 Å². The van der Waals surface area contributed by atoms with Crippen molar-refractivity contribution in [2.45, 2.75) is 44.4 Å². The van der Waals surface area contributed by atoms with E-state index in [2.05, 4.69) is 15.5 Å². The molecule has 2 atom stereocenters. The lowest BCUT2D eigenvalue weighted by atomic mass is 10.1. The second-order valence-electron chi connectivity index (χ2n) is 5.90. The zero-order valence-corrected chi connectivity index (χ0v) is 14.5. The molecule has 0 bridgehead atoms. The number of carbonyl (C=O) groups excluding carboxylic acids is 1. The Morgan fingerprint density at radius 3 is 2.73 bits per heavy atom. The Kier molecular flexibility index (Phi) is 5.49. The van der Waals surface area contributed by atoms with Crippen LogP contribution in [0.3, 0.4) is 0 Å². The zero-order valence-electron chi connectivity index (χ0n) is 12.9. The fraction of sp³-hybridized carbons (Fsp3) is 0.769. The monoisotopic (exact) mass is 347 g/mol. The molecule has 1 aromatic heterocycles. The Morgan fingerprint density at radius 2 is 2.14 bits per heavy atom. The lowest BCUT2D eigenvalue weighted by molar-refractivity contribution is -0.119. The van der Waals surface area contributed by atoms with Crippen LogP contribution in [0.15, 0.2) is 9.64 Å². The number of carbonyl (C=O) groups is 1. The molecule has 9 heteroatoms. The number of hydrogen-bond acceptors (Lipinski definition) is 7. The summed E-state index contributed by atoms with van der Waals surface area (Å²) in [6.07, 6.45) is 0.515. The molecule has 0 saturated carbocycles. The molecule has 0 aliphatic carbocycles. The first kappa shape index (κ1) is 17.3. The lowest BCUT2D eigenvalue weighted by Gasteiger charge is -2.16. The summed E-state index contributed by atoms with van der Waals surface area (Å²) in [6.45, 7) is 6.04. The highest BCUT2D eigenvalue weighted by molar-refractivity contribution is 7.99. The summed E-state index contributed by atoms with van der Waals surface area (Å²) >= 11 is 1.16. The molecule has 7 nitrogen and oxygen atoms in total. The quantitative estimate of drug-likeness (QED) is 0.772. The van der Waals surface area contributed by atoms with E-state index in [1.807, 2.05) is 20.8 Å². The van der Waals surface area contributed by atoms with E-state index in [1.54, 1.807) is 0 Å². The van der Waals surface area contributed by atoms with Crippen molar-refractivity contribution >= 4 is 27.5 Å². The summed E-state index contributed by atoms with van der Waals surface area (Å²) in [6, 6.07) is 0.107. The standard InChI is InChI=1S/C13H21N3O4S2/c1-8(2)9(3)14-11(17)6-21-13-16-15-12(20-13)10-4-5-22(18,19)7-10/h8-10H,4-7H2,1-3H3,(H,14,17)/t9-,10-/m1/s1. The first-order chi connectivity index (χ1) is 10.3. The van der Waals surface area contributed by atoms with Crippen molar-refractivity contribution in [1.29, 1.82) is 0 Å². The van der Waals surface area contributed by atoms with Crippen molar-refractivity contribution < 1.29 is 17.6 Å². The first-order valence-electron chi connectivity index (χ1n) is 7.23.